The number of fused-ring (bicyclic) bond motifs is 1. The third-order valence-electron chi connectivity index (χ3n) is 4.45. The Morgan fingerprint density at radius 1 is 1.00 bits per heavy atom. The lowest BCUT2D eigenvalue weighted by atomic mass is 10.0. The van der Waals surface area contributed by atoms with Gasteiger partial charge in [0.1, 0.15) is 5.75 Å². The quantitative estimate of drug-likeness (QED) is 0.516. The third kappa shape index (κ3) is 4.48. The van der Waals surface area contributed by atoms with Crippen LogP contribution in [0, 0.1) is 0 Å². The zero-order chi connectivity index (χ0) is 21.1. The maximum atomic E-state index is 12.3. The van der Waals surface area contributed by atoms with E-state index in [1.807, 2.05) is 30.3 Å². The molecule has 0 spiro atoms. The van der Waals surface area contributed by atoms with Crippen molar-refractivity contribution in [3.63, 3.8) is 0 Å². The molecule has 0 atom stereocenters. The van der Waals surface area contributed by atoms with E-state index in [-0.39, 0.29) is 18.4 Å². The van der Waals surface area contributed by atoms with Crippen LogP contribution < -0.4 is 15.4 Å². The van der Waals surface area contributed by atoms with Gasteiger partial charge in [-0.2, -0.15) is 0 Å². The fourth-order valence-electron chi connectivity index (χ4n) is 3.06. The number of halogens is 2. The molecule has 1 heterocycles. The van der Waals surface area contributed by atoms with Crippen LogP contribution in [0.1, 0.15) is 11.1 Å². The van der Waals surface area contributed by atoms with Gasteiger partial charge in [0.05, 0.1) is 10.0 Å². The molecule has 1 aliphatic rings. The first-order valence-corrected chi connectivity index (χ1v) is 9.85. The molecule has 0 fully saturated rings. The molecule has 0 aromatic heterocycles. The van der Waals surface area contributed by atoms with E-state index in [1.54, 1.807) is 42.5 Å². The van der Waals surface area contributed by atoms with E-state index in [0.717, 1.165) is 16.8 Å². The summed E-state index contributed by atoms with van der Waals surface area (Å²) in [6.45, 7) is -0.177. The molecule has 0 aliphatic carbocycles. The number of carbonyl (C=O) groups excluding carboxylic acids is 2. The summed E-state index contributed by atoms with van der Waals surface area (Å²) < 4.78 is 5.59. The highest BCUT2D eigenvalue weighted by molar-refractivity contribution is 6.42. The van der Waals surface area contributed by atoms with Crippen LogP contribution >= 0.6 is 23.2 Å². The molecule has 7 heteroatoms. The minimum atomic E-state index is -0.332. The predicted molar refractivity (Wildman–Crippen MR) is 120 cm³/mol. The summed E-state index contributed by atoms with van der Waals surface area (Å²) in [7, 11) is 0. The molecule has 3 aromatic rings. The molecule has 0 unspecified atom stereocenters. The highest BCUT2D eigenvalue weighted by Gasteiger charge is 2.23. The van der Waals surface area contributed by atoms with Gasteiger partial charge in [-0.3, -0.25) is 9.59 Å². The molecular formula is C23H16Cl2N2O3. The molecule has 0 saturated heterocycles. The van der Waals surface area contributed by atoms with Crippen molar-refractivity contribution in [1.29, 1.82) is 0 Å². The Hall–Kier alpha value is -3.28. The Kier molecular flexibility index (Phi) is 5.74. The topological polar surface area (TPSA) is 67.4 Å². The molecule has 2 amide bonds. The fraction of sp³-hybridized carbons (Fsp3) is 0.0435. The van der Waals surface area contributed by atoms with Crippen molar-refractivity contribution in [2.75, 3.05) is 17.2 Å². The molecule has 30 heavy (non-hydrogen) atoms. The van der Waals surface area contributed by atoms with Crippen LogP contribution in [-0.2, 0) is 9.59 Å². The molecule has 0 saturated carbocycles. The fourth-order valence-corrected chi connectivity index (χ4v) is 3.36. The lowest BCUT2D eigenvalue weighted by Crippen LogP contribution is -2.20. The van der Waals surface area contributed by atoms with Gasteiger partial charge in [0.2, 0.25) is 0 Å². The summed E-state index contributed by atoms with van der Waals surface area (Å²) in [5, 5.41) is 6.31. The van der Waals surface area contributed by atoms with Gasteiger partial charge in [-0.1, -0.05) is 53.5 Å². The summed E-state index contributed by atoms with van der Waals surface area (Å²) in [6.07, 6.45) is 1.80. The van der Waals surface area contributed by atoms with Crippen molar-refractivity contribution in [2.45, 2.75) is 0 Å². The molecule has 4 rings (SSSR count). The van der Waals surface area contributed by atoms with Crippen molar-refractivity contribution >= 4 is 58.0 Å². The van der Waals surface area contributed by atoms with Crippen LogP contribution in [0.4, 0.5) is 11.4 Å². The van der Waals surface area contributed by atoms with Crippen molar-refractivity contribution in [2.24, 2.45) is 0 Å². The van der Waals surface area contributed by atoms with Gasteiger partial charge in [-0.15, -0.1) is 0 Å². The largest absolute Gasteiger partial charge is 0.484 e. The number of hydrogen-bond acceptors (Lipinski definition) is 3. The molecule has 5 nitrogen and oxygen atoms in total. The van der Waals surface area contributed by atoms with Crippen molar-refractivity contribution in [3.8, 4) is 5.75 Å². The van der Waals surface area contributed by atoms with Gasteiger partial charge in [-0.25, -0.2) is 0 Å². The van der Waals surface area contributed by atoms with Crippen LogP contribution in [-0.4, -0.2) is 18.4 Å². The monoisotopic (exact) mass is 438 g/mol. The van der Waals surface area contributed by atoms with Gasteiger partial charge >= 0.3 is 0 Å². The zero-order valence-corrected chi connectivity index (χ0v) is 17.1. The van der Waals surface area contributed by atoms with Crippen LogP contribution in [0.5, 0.6) is 5.75 Å². The summed E-state index contributed by atoms with van der Waals surface area (Å²) in [5.41, 5.74) is 3.55. The normalized spacial score (nSPS) is 13.7. The van der Waals surface area contributed by atoms with Crippen molar-refractivity contribution in [1.82, 2.24) is 0 Å². The number of nitrogens with one attached hydrogen (secondary N) is 2. The number of amides is 2. The van der Waals surface area contributed by atoms with Gasteiger partial charge in [0.25, 0.3) is 11.8 Å². The van der Waals surface area contributed by atoms with Crippen LogP contribution in [0.3, 0.4) is 0 Å². The number of hydrogen-bond donors (Lipinski definition) is 2. The molecule has 150 valence electrons. The summed E-state index contributed by atoms with van der Waals surface area (Å²) in [6, 6.07) is 19.5. The van der Waals surface area contributed by atoms with Crippen LogP contribution in [0.25, 0.3) is 11.6 Å². The van der Waals surface area contributed by atoms with E-state index in [9.17, 15) is 9.59 Å². The molecule has 2 N–H and O–H groups in total. The van der Waals surface area contributed by atoms with Crippen LogP contribution in [0.15, 0.2) is 66.7 Å². The molecule has 0 radical (unpaired) electrons. The Bertz CT molecular complexity index is 1170. The van der Waals surface area contributed by atoms with Gasteiger partial charge in [0, 0.05) is 22.5 Å². The van der Waals surface area contributed by atoms with Gasteiger partial charge in [0.15, 0.2) is 6.61 Å². The van der Waals surface area contributed by atoms with E-state index >= 15 is 0 Å². The second-order valence-corrected chi connectivity index (χ2v) is 7.41. The predicted octanol–water partition coefficient (Wildman–Crippen LogP) is 5.50. The van der Waals surface area contributed by atoms with Gasteiger partial charge in [-0.05, 0) is 48.0 Å². The van der Waals surface area contributed by atoms with Crippen LogP contribution in [0.2, 0.25) is 10.0 Å². The number of para-hydroxylation sites is 1. The Labute approximate surface area is 183 Å². The molecule has 0 bridgehead atoms. The highest BCUT2D eigenvalue weighted by atomic mass is 35.5. The molecular weight excluding hydrogens is 423 g/mol. The first-order chi connectivity index (χ1) is 14.5. The summed E-state index contributed by atoms with van der Waals surface area (Å²) >= 11 is 11.8. The van der Waals surface area contributed by atoms with E-state index in [4.69, 9.17) is 27.9 Å². The number of benzene rings is 3. The van der Waals surface area contributed by atoms with E-state index in [0.29, 0.717) is 27.1 Å². The standard InChI is InChI=1S/C23H16Cl2N2O3/c24-19-9-8-15(12-20(19)25)26-22(28)13-30-16-5-3-4-14(10-16)11-18-17-6-1-2-7-21(17)27-23(18)29/h1-12H,13H2,(H,26,28)(H,27,29)/b18-11-. The smallest absolute Gasteiger partial charge is 0.262 e. The average Bonchev–Trinajstić information content (AvgIpc) is 3.05. The maximum Gasteiger partial charge on any atom is 0.262 e. The van der Waals surface area contributed by atoms with E-state index < -0.39 is 0 Å². The average molecular weight is 439 g/mol. The minimum Gasteiger partial charge on any atom is -0.484 e. The van der Waals surface area contributed by atoms with E-state index in [2.05, 4.69) is 10.6 Å². The highest BCUT2D eigenvalue weighted by Crippen LogP contribution is 2.33. The SMILES string of the molecule is O=C(COc1cccc(/C=C2\C(=O)Nc3ccccc32)c1)Nc1ccc(Cl)c(Cl)c1. The number of ether oxygens (including phenoxy) is 1. The molecule has 1 aliphatic heterocycles. The number of carbonyl (C=O) groups is 2. The first kappa shape index (κ1) is 20.0. The van der Waals surface area contributed by atoms with Crippen molar-refractivity contribution < 1.29 is 14.3 Å². The Balaban J connectivity index is 1.43. The maximum absolute atomic E-state index is 12.3. The number of anilines is 2. The zero-order valence-electron chi connectivity index (χ0n) is 15.6. The third-order valence-corrected chi connectivity index (χ3v) is 5.19. The summed E-state index contributed by atoms with van der Waals surface area (Å²) in [4.78, 5) is 24.4. The second-order valence-electron chi connectivity index (χ2n) is 6.60. The molecule has 3 aromatic carbocycles. The summed E-state index contributed by atoms with van der Waals surface area (Å²) in [5.74, 6) is 0.0325. The minimum absolute atomic E-state index is 0.150. The van der Waals surface area contributed by atoms with Gasteiger partial charge < -0.3 is 15.4 Å². The first-order valence-electron chi connectivity index (χ1n) is 9.10. The van der Waals surface area contributed by atoms with E-state index in [1.165, 1.54) is 0 Å². The Morgan fingerprint density at radius 2 is 1.83 bits per heavy atom. The lowest BCUT2D eigenvalue weighted by Gasteiger charge is -2.09. The Morgan fingerprint density at radius 3 is 2.67 bits per heavy atom. The lowest BCUT2D eigenvalue weighted by molar-refractivity contribution is -0.118. The second kappa shape index (κ2) is 8.61. The number of rotatable bonds is 5. The van der Waals surface area contributed by atoms with Crippen molar-refractivity contribution in [3.05, 3.63) is 87.9 Å².